The topological polar surface area (TPSA) is 109 Å². The Hall–Kier alpha value is -3.05. The van der Waals surface area contributed by atoms with Crippen molar-refractivity contribution in [3.8, 4) is 11.4 Å². The van der Waals surface area contributed by atoms with E-state index in [2.05, 4.69) is 25.0 Å². The second-order valence-electron chi connectivity index (χ2n) is 9.79. The highest BCUT2D eigenvalue weighted by Crippen LogP contribution is 2.35. The number of alkyl halides is 2. The third kappa shape index (κ3) is 4.76. The largest absolute Gasteiger partial charge is 0.435 e. The number of rotatable bonds is 8. The first-order chi connectivity index (χ1) is 16.1. The molecule has 9 nitrogen and oxygen atoms in total. The van der Waals surface area contributed by atoms with E-state index in [9.17, 15) is 19.0 Å². The predicted octanol–water partition coefficient (Wildman–Crippen LogP) is 2.95. The number of hydrogen-bond donors (Lipinski definition) is 3. The van der Waals surface area contributed by atoms with Gasteiger partial charge in [-0.15, -0.1) is 0 Å². The number of hydrogen-bond acceptors (Lipinski definition) is 8. The quantitative estimate of drug-likeness (QED) is 0.457. The normalized spacial score (nSPS) is 21.0. The number of aliphatic hydroxyl groups is 2. The number of halogens is 2. The lowest BCUT2D eigenvalue weighted by Gasteiger charge is -2.42. The molecule has 3 aromatic rings. The third-order valence-electron chi connectivity index (χ3n) is 6.19. The van der Waals surface area contributed by atoms with Gasteiger partial charge in [-0.05, 0) is 51.2 Å². The molecule has 0 unspecified atom stereocenters. The SMILES string of the molecule is CC(C)(O)CC1CN(c2nc(NC3CC(O)C3)nc3c2cnn3-c2cccc(OC(F)F)c2)C1. The Morgan fingerprint density at radius 3 is 2.68 bits per heavy atom. The van der Waals surface area contributed by atoms with Gasteiger partial charge in [0.1, 0.15) is 11.6 Å². The molecule has 11 heteroatoms. The van der Waals surface area contributed by atoms with Gasteiger partial charge in [-0.3, -0.25) is 0 Å². The minimum absolute atomic E-state index is 0.0319. The molecular formula is C23H28F2N6O3. The van der Waals surface area contributed by atoms with Crippen molar-refractivity contribution in [2.75, 3.05) is 23.3 Å². The molecule has 3 heterocycles. The molecule has 1 saturated heterocycles. The molecule has 1 aliphatic carbocycles. The van der Waals surface area contributed by atoms with Crippen molar-refractivity contribution in [3.05, 3.63) is 30.5 Å². The molecule has 3 N–H and O–H groups in total. The Morgan fingerprint density at radius 2 is 2.00 bits per heavy atom. The molecule has 5 rings (SSSR count). The van der Waals surface area contributed by atoms with Crippen molar-refractivity contribution in [2.45, 2.75) is 57.5 Å². The van der Waals surface area contributed by atoms with Crippen LogP contribution >= 0.6 is 0 Å². The number of aromatic nitrogens is 4. The summed E-state index contributed by atoms with van der Waals surface area (Å²) >= 11 is 0. The Kier molecular flexibility index (Phi) is 5.76. The molecule has 0 amide bonds. The van der Waals surface area contributed by atoms with Gasteiger partial charge < -0.3 is 25.2 Å². The lowest BCUT2D eigenvalue weighted by molar-refractivity contribution is -0.0498. The molecule has 1 aliphatic heterocycles. The maximum Gasteiger partial charge on any atom is 0.387 e. The van der Waals surface area contributed by atoms with E-state index in [-0.39, 0.29) is 17.9 Å². The van der Waals surface area contributed by atoms with Crippen LogP contribution in [0.1, 0.15) is 33.1 Å². The number of benzene rings is 1. The first-order valence-corrected chi connectivity index (χ1v) is 11.4. The molecule has 0 radical (unpaired) electrons. The molecule has 1 saturated carbocycles. The summed E-state index contributed by atoms with van der Waals surface area (Å²) in [5.74, 6) is 1.53. The Morgan fingerprint density at radius 1 is 1.24 bits per heavy atom. The summed E-state index contributed by atoms with van der Waals surface area (Å²) in [6.07, 6.45) is 3.30. The van der Waals surface area contributed by atoms with E-state index in [0.717, 1.165) is 24.3 Å². The van der Waals surface area contributed by atoms with E-state index >= 15 is 0 Å². The fourth-order valence-corrected chi connectivity index (χ4v) is 4.65. The maximum absolute atomic E-state index is 12.7. The predicted molar refractivity (Wildman–Crippen MR) is 123 cm³/mol. The average molecular weight is 475 g/mol. The lowest BCUT2D eigenvalue weighted by Crippen LogP contribution is -2.49. The summed E-state index contributed by atoms with van der Waals surface area (Å²) in [5.41, 5.74) is 0.338. The van der Waals surface area contributed by atoms with Crippen molar-refractivity contribution in [1.29, 1.82) is 0 Å². The second-order valence-corrected chi connectivity index (χ2v) is 9.79. The van der Waals surface area contributed by atoms with Crippen LogP contribution in [0, 0.1) is 5.92 Å². The standard InChI is InChI=1S/C23H28F2N6O3/c1-23(2,33)9-13-11-30(12-13)19-18-10-26-31(15-4-3-5-17(8-15)34-21(24)25)20(18)29-22(28-19)27-14-6-16(32)7-14/h3-5,8,10,13-14,16,21,32-33H,6-7,9,11-12H2,1-2H3,(H,27,28,29). The van der Waals surface area contributed by atoms with Crippen LogP contribution in [0.3, 0.4) is 0 Å². The van der Waals surface area contributed by atoms with Crippen LogP contribution in [0.25, 0.3) is 16.7 Å². The van der Waals surface area contributed by atoms with Gasteiger partial charge in [-0.2, -0.15) is 23.8 Å². The van der Waals surface area contributed by atoms with Crippen LogP contribution in [0.2, 0.25) is 0 Å². The highest BCUT2D eigenvalue weighted by molar-refractivity contribution is 5.89. The number of aliphatic hydroxyl groups excluding tert-OH is 1. The second kappa shape index (κ2) is 8.62. The van der Waals surface area contributed by atoms with Gasteiger partial charge in [0.05, 0.1) is 29.0 Å². The van der Waals surface area contributed by atoms with Crippen LogP contribution in [0.5, 0.6) is 5.75 Å². The molecule has 0 atom stereocenters. The molecule has 0 bridgehead atoms. The van der Waals surface area contributed by atoms with E-state index in [1.54, 1.807) is 23.0 Å². The number of anilines is 2. The van der Waals surface area contributed by atoms with Crippen LogP contribution in [0.15, 0.2) is 30.5 Å². The highest BCUT2D eigenvalue weighted by atomic mass is 19.3. The van der Waals surface area contributed by atoms with E-state index in [1.807, 2.05) is 13.8 Å². The summed E-state index contributed by atoms with van der Waals surface area (Å²) < 4.78 is 31.5. The van der Waals surface area contributed by atoms with Gasteiger partial charge >= 0.3 is 6.61 Å². The van der Waals surface area contributed by atoms with E-state index in [0.29, 0.717) is 42.5 Å². The van der Waals surface area contributed by atoms with Gasteiger partial charge in [0.25, 0.3) is 0 Å². The highest BCUT2D eigenvalue weighted by Gasteiger charge is 2.34. The monoisotopic (exact) mass is 474 g/mol. The first kappa shape index (κ1) is 22.7. The molecule has 2 aromatic heterocycles. The van der Waals surface area contributed by atoms with Crippen LogP contribution in [-0.4, -0.2) is 67.4 Å². The molecular weight excluding hydrogens is 446 g/mol. The van der Waals surface area contributed by atoms with E-state index in [4.69, 9.17) is 4.98 Å². The smallest absolute Gasteiger partial charge is 0.387 e. The molecule has 2 aliphatic rings. The van der Waals surface area contributed by atoms with Crippen molar-refractivity contribution < 1.29 is 23.7 Å². The third-order valence-corrected chi connectivity index (χ3v) is 6.19. The van der Waals surface area contributed by atoms with Crippen molar-refractivity contribution in [2.24, 2.45) is 5.92 Å². The van der Waals surface area contributed by atoms with E-state index < -0.39 is 12.2 Å². The van der Waals surface area contributed by atoms with Gasteiger partial charge in [0.15, 0.2) is 5.65 Å². The van der Waals surface area contributed by atoms with Crippen LogP contribution < -0.4 is 15.0 Å². The zero-order chi connectivity index (χ0) is 24.0. The zero-order valence-electron chi connectivity index (χ0n) is 19.0. The summed E-state index contributed by atoms with van der Waals surface area (Å²) in [4.78, 5) is 11.5. The number of nitrogens with one attached hydrogen (secondary N) is 1. The fraction of sp³-hybridized carbons (Fsp3) is 0.522. The minimum atomic E-state index is -2.92. The van der Waals surface area contributed by atoms with Gasteiger partial charge in [0, 0.05) is 25.2 Å². The van der Waals surface area contributed by atoms with Crippen molar-refractivity contribution in [1.82, 2.24) is 19.7 Å². The Bertz CT molecular complexity index is 1170. The number of ether oxygens (including phenoxy) is 1. The Labute approximate surface area is 195 Å². The molecule has 1 aromatic carbocycles. The molecule has 182 valence electrons. The zero-order valence-corrected chi connectivity index (χ0v) is 19.0. The van der Waals surface area contributed by atoms with E-state index in [1.165, 1.54) is 12.1 Å². The fourth-order valence-electron chi connectivity index (χ4n) is 4.65. The van der Waals surface area contributed by atoms with Gasteiger partial charge in [-0.25, -0.2) is 4.68 Å². The number of nitrogens with zero attached hydrogens (tertiary/aromatic N) is 5. The van der Waals surface area contributed by atoms with Crippen LogP contribution in [-0.2, 0) is 0 Å². The van der Waals surface area contributed by atoms with Gasteiger partial charge in [-0.1, -0.05) is 6.07 Å². The maximum atomic E-state index is 12.7. The number of fused-ring (bicyclic) bond motifs is 1. The first-order valence-electron chi connectivity index (χ1n) is 11.4. The van der Waals surface area contributed by atoms with Gasteiger partial charge in [0.2, 0.25) is 5.95 Å². The molecule has 2 fully saturated rings. The summed E-state index contributed by atoms with van der Waals surface area (Å²) in [5, 5.41) is 28.3. The van der Waals surface area contributed by atoms with Crippen molar-refractivity contribution in [3.63, 3.8) is 0 Å². The molecule has 34 heavy (non-hydrogen) atoms. The summed E-state index contributed by atoms with van der Waals surface area (Å²) in [7, 11) is 0. The van der Waals surface area contributed by atoms with Crippen LogP contribution in [0.4, 0.5) is 20.5 Å². The molecule has 0 spiro atoms. The minimum Gasteiger partial charge on any atom is -0.435 e. The lowest BCUT2D eigenvalue weighted by atomic mass is 9.88. The van der Waals surface area contributed by atoms with Crippen molar-refractivity contribution >= 4 is 22.8 Å². The Balaban J connectivity index is 1.49. The summed E-state index contributed by atoms with van der Waals surface area (Å²) in [6, 6.07) is 6.39. The summed E-state index contributed by atoms with van der Waals surface area (Å²) in [6.45, 7) is 2.20. The average Bonchev–Trinajstić information content (AvgIpc) is 3.12.